The quantitative estimate of drug-likeness (QED) is 0.0237. The molecule has 33 atom stereocenters. The molecule has 29 N–H and O–H groups in total. The molecule has 40 heteroatoms. The smallest absolute Gasteiger partial charge is 0.181 e. The van der Waals surface area contributed by atoms with Crippen LogP contribution in [-0.4, -0.2) is 402 Å². The van der Waals surface area contributed by atoms with Gasteiger partial charge in [-0.3, -0.25) is 29.0 Å². The van der Waals surface area contributed by atoms with Gasteiger partial charge in [-0.15, -0.1) is 0 Å². The Balaban J connectivity index is 0.000000412. The highest BCUT2D eigenvalue weighted by Crippen LogP contribution is 2.32. The van der Waals surface area contributed by atoms with Gasteiger partial charge in [0.1, 0.15) is 176 Å². The van der Waals surface area contributed by atoms with Crippen LogP contribution in [0, 0.1) is 5.92 Å². The molecule has 0 radical (unpaired) electrons. The molecule has 1 aromatic heterocycles. The van der Waals surface area contributed by atoms with E-state index in [1.165, 1.54) is 6.92 Å². The fourth-order valence-corrected chi connectivity index (χ4v) is 16.2. The van der Waals surface area contributed by atoms with Crippen LogP contribution in [0.25, 0.3) is 0 Å². The van der Waals surface area contributed by atoms with Crippen LogP contribution in [0.15, 0.2) is 54.7 Å². The molecule has 8 rings (SSSR count). The van der Waals surface area contributed by atoms with Gasteiger partial charge in [-0.05, 0) is 121 Å². The standard InChI is InChI=1S/C19H29NO6.C17H25NO6.C16H30O6.C14H27NO6.C14H26O7.C13H24O6/c20-16(12-7-3-1-4-8-12)13(22)9-5-2-6-10-14-17(23)19(25)18(24)15(11-21)26-14;19-10-14-16(22)17(23)15(21)13(24-14)8-3-1-2-7-12(20)11-6-4-5-9-18-11;1-10(2)8-11(18)6-4-3-5-7-12-14(19)16(21)15(20)13(9-17)22-12;1-8(15)9(17)5-3-2-4-6-10-12(18)14(20)13(19)11(7-16)21-10;1-8(16)9(17)5-3-2-4-6-10-12(18)14(20)13(19)11(7-15)21-10;1-8(15)5-3-2-4-6-9-11(16)13(18)12(17)10(7-14)19-9/h1,3-4,7-8,14-19,21,23-25H,2,5-6,9-11,20H2;4-6,9,13-17,19,21-23H,1-3,7-8,10H2;10,12-17,19-21H,3-9H2,1-2H3;8,10-14,16,18-20H,2-7,15H2,1H3;8,10-16,18-20H,2-7H2,1H3;9-14,16-18H,2-7H2,1H3. The topological polar surface area (TPSA) is 728 Å². The Hall–Kier alpha value is -4.93. The molecule has 6 aliphatic rings. The summed E-state index contributed by atoms with van der Waals surface area (Å²) in [6, 6.07) is 13.4. The van der Waals surface area contributed by atoms with Crippen molar-refractivity contribution in [2.45, 2.75) is 435 Å². The molecule has 6 saturated heterocycles. The van der Waals surface area contributed by atoms with Gasteiger partial charge in [-0.2, -0.15) is 0 Å². The van der Waals surface area contributed by atoms with Gasteiger partial charge in [0.25, 0.3) is 0 Å². The predicted molar refractivity (Wildman–Crippen MR) is 479 cm³/mol. The fourth-order valence-electron chi connectivity index (χ4n) is 16.2. The van der Waals surface area contributed by atoms with E-state index in [0.717, 1.165) is 82.6 Å². The third kappa shape index (κ3) is 43.0. The Labute approximate surface area is 779 Å². The molecule has 0 aliphatic carbocycles. The average molecular weight is 1910 g/mol. The summed E-state index contributed by atoms with van der Waals surface area (Å²) in [7, 11) is 0. The van der Waals surface area contributed by atoms with Gasteiger partial charge < -0.3 is 172 Å². The number of hydrogen-bond donors (Lipinski definition) is 27. The number of aliphatic hydroxyl groups is 25. The summed E-state index contributed by atoms with van der Waals surface area (Å²) in [5, 5.41) is 239. The van der Waals surface area contributed by atoms with Gasteiger partial charge in [0.05, 0.1) is 88.3 Å². The molecular formula is C93H161N3O37. The number of nitrogens with two attached hydrogens (primary N) is 2. The molecular weight excluding hydrogens is 1750 g/mol. The summed E-state index contributed by atoms with van der Waals surface area (Å²) in [5.41, 5.74) is 12.7. The molecule has 0 bridgehead atoms. The third-order valence-corrected chi connectivity index (χ3v) is 24.6. The normalized spacial score (nSPS) is 32.7. The average Bonchev–Trinajstić information content (AvgIpc) is 0.844. The van der Waals surface area contributed by atoms with Crippen molar-refractivity contribution in [2.24, 2.45) is 17.4 Å². The number of ether oxygens (including phenoxy) is 6. The predicted octanol–water partition coefficient (Wildman–Crippen LogP) is -2.71. The number of nitrogens with zero attached hydrogens (tertiary/aromatic N) is 1. The summed E-state index contributed by atoms with van der Waals surface area (Å²) < 4.78 is 32.5. The zero-order chi connectivity index (χ0) is 99.7. The lowest BCUT2D eigenvalue weighted by atomic mass is 9.92. The van der Waals surface area contributed by atoms with Gasteiger partial charge >= 0.3 is 0 Å². The van der Waals surface area contributed by atoms with Crippen molar-refractivity contribution in [3.05, 3.63) is 66.0 Å². The van der Waals surface area contributed by atoms with E-state index < -0.39 is 241 Å². The number of carbonyl (C=O) groups is 6. The van der Waals surface area contributed by atoms with Gasteiger partial charge in [-0.1, -0.05) is 127 Å². The monoisotopic (exact) mass is 1910 g/mol. The summed E-state index contributed by atoms with van der Waals surface area (Å²) in [5.74, 6) is 0.662. The summed E-state index contributed by atoms with van der Waals surface area (Å²) in [6.07, 6.45) is -11.4. The molecule has 0 amide bonds. The van der Waals surface area contributed by atoms with Crippen LogP contribution in [-0.2, 0) is 52.4 Å². The van der Waals surface area contributed by atoms with E-state index in [1.54, 1.807) is 38.2 Å². The summed E-state index contributed by atoms with van der Waals surface area (Å²) >= 11 is 0. The van der Waals surface area contributed by atoms with E-state index >= 15 is 0 Å². The highest BCUT2D eigenvalue weighted by atomic mass is 16.6. The first kappa shape index (κ1) is 122. The molecule has 2 aromatic rings. The van der Waals surface area contributed by atoms with Crippen LogP contribution in [0.4, 0.5) is 0 Å². The molecule has 7 heterocycles. The van der Waals surface area contributed by atoms with E-state index in [9.17, 15) is 126 Å². The van der Waals surface area contributed by atoms with E-state index in [0.29, 0.717) is 134 Å². The Morgan fingerprint density at radius 2 is 0.564 bits per heavy atom. The maximum atomic E-state index is 12.1. The molecule has 770 valence electrons. The number of aliphatic hydroxyl groups excluding tert-OH is 25. The minimum absolute atomic E-state index is 0.00319. The van der Waals surface area contributed by atoms with E-state index in [1.807, 2.05) is 44.2 Å². The number of aromatic nitrogens is 1. The second kappa shape index (κ2) is 66.7. The van der Waals surface area contributed by atoms with Crippen molar-refractivity contribution in [3.8, 4) is 0 Å². The van der Waals surface area contributed by atoms with Crippen LogP contribution in [0.2, 0.25) is 0 Å². The Bertz CT molecular complexity index is 3370. The van der Waals surface area contributed by atoms with Gasteiger partial charge in [0.15, 0.2) is 17.3 Å². The lowest BCUT2D eigenvalue weighted by molar-refractivity contribution is -0.230. The number of carbonyl (C=O) groups excluding carboxylic acids is 6. The van der Waals surface area contributed by atoms with Crippen LogP contribution in [0.3, 0.4) is 0 Å². The van der Waals surface area contributed by atoms with E-state index in [2.05, 4.69) is 4.98 Å². The van der Waals surface area contributed by atoms with Gasteiger partial charge in [0, 0.05) is 51.1 Å². The zero-order valence-corrected chi connectivity index (χ0v) is 77.7. The molecule has 6 fully saturated rings. The SMILES string of the molecule is CC(=O)CCCCCC1OC(CO)C(O)C(O)C1O.CC(C)CC(=O)CCCCCC1OC(CO)C(O)C(O)C1O.CC(N)C(=O)CCCCCC1OC(CO)C(O)C(O)C1O.CC(O)C(=O)CCCCCC1OC(CO)C(O)C(O)C1O.NC(C(=O)CCCCCC1OC(CO)C(O)C(O)C1O)c1ccccc1.O=C(CCCCCC1OC(CO)C(O)C(O)C1O)c1ccccn1. The Kier molecular flexibility index (Phi) is 61.3. The van der Waals surface area contributed by atoms with Crippen LogP contribution < -0.4 is 11.5 Å². The molecule has 33 unspecified atom stereocenters. The van der Waals surface area contributed by atoms with Crippen molar-refractivity contribution in [1.29, 1.82) is 0 Å². The Morgan fingerprint density at radius 1 is 0.308 bits per heavy atom. The highest BCUT2D eigenvalue weighted by Gasteiger charge is 2.49. The van der Waals surface area contributed by atoms with Crippen molar-refractivity contribution in [2.75, 3.05) is 39.6 Å². The first-order chi connectivity index (χ1) is 63.1. The van der Waals surface area contributed by atoms with Crippen molar-refractivity contribution in [1.82, 2.24) is 4.98 Å². The van der Waals surface area contributed by atoms with Crippen LogP contribution in [0.5, 0.6) is 0 Å². The highest BCUT2D eigenvalue weighted by molar-refractivity contribution is 5.94. The third-order valence-electron chi connectivity index (χ3n) is 24.6. The van der Waals surface area contributed by atoms with Crippen molar-refractivity contribution >= 4 is 34.7 Å². The minimum Gasteiger partial charge on any atom is -0.394 e. The number of Topliss-reactive ketones (excluding diaryl/α,β-unsaturated/α-hetero) is 6. The number of benzene rings is 1. The number of rotatable bonds is 49. The fraction of sp³-hybridized carbons (Fsp3) is 0.817. The molecule has 133 heavy (non-hydrogen) atoms. The summed E-state index contributed by atoms with van der Waals surface area (Å²) in [6.45, 7) is 6.23. The van der Waals surface area contributed by atoms with Crippen molar-refractivity contribution < 1.29 is 185 Å². The zero-order valence-electron chi connectivity index (χ0n) is 77.7. The van der Waals surface area contributed by atoms with Crippen LogP contribution >= 0.6 is 0 Å². The van der Waals surface area contributed by atoms with Crippen molar-refractivity contribution in [3.63, 3.8) is 0 Å². The maximum Gasteiger partial charge on any atom is 0.181 e. The van der Waals surface area contributed by atoms with E-state index in [-0.39, 0.29) is 34.7 Å². The second-order valence-electron chi connectivity index (χ2n) is 36.0. The maximum absolute atomic E-state index is 12.1. The minimum atomic E-state index is -1.34. The lowest BCUT2D eigenvalue weighted by Gasteiger charge is -2.40. The van der Waals surface area contributed by atoms with Gasteiger partial charge in [-0.25, -0.2) is 0 Å². The van der Waals surface area contributed by atoms with E-state index in [4.69, 9.17) is 70.5 Å². The molecule has 1 aromatic carbocycles. The first-order valence-electron chi connectivity index (χ1n) is 47.2. The first-order valence-corrected chi connectivity index (χ1v) is 47.2. The van der Waals surface area contributed by atoms with Crippen LogP contribution in [0.1, 0.15) is 256 Å². The molecule has 6 aliphatic heterocycles. The number of ketones is 6. The number of hydrogen-bond acceptors (Lipinski definition) is 40. The lowest BCUT2D eigenvalue weighted by Crippen LogP contribution is -2.58. The number of pyridine rings is 1. The largest absolute Gasteiger partial charge is 0.394 e. The second-order valence-corrected chi connectivity index (χ2v) is 36.0. The number of unbranched alkanes of at least 4 members (excludes halogenated alkanes) is 12. The molecule has 40 nitrogen and oxygen atoms in total. The Morgan fingerprint density at radius 3 is 0.820 bits per heavy atom. The summed E-state index contributed by atoms with van der Waals surface area (Å²) in [4.78, 5) is 73.0. The molecule has 0 saturated carbocycles. The van der Waals surface area contributed by atoms with Gasteiger partial charge in [0.2, 0.25) is 0 Å². The molecule has 0 spiro atoms.